The molecule has 1 aromatic heterocycles. The molecule has 1 heterocycles. The Balaban J connectivity index is 2.04. The Morgan fingerprint density at radius 1 is 1.17 bits per heavy atom. The van der Waals surface area contributed by atoms with E-state index in [2.05, 4.69) is 32.0 Å². The number of thioether (sulfide) groups is 1. The van der Waals surface area contributed by atoms with Crippen LogP contribution in [0.4, 0.5) is 0 Å². The second-order valence-corrected chi connectivity index (χ2v) is 5.44. The smallest absolute Gasteiger partial charge is 0.194 e. The molecule has 0 aliphatic heterocycles. The minimum Gasteiger partial charge on any atom is -0.447 e. The molecular formula is C15H16O2S. The molecule has 0 unspecified atom stereocenters. The largest absolute Gasteiger partial charge is 0.447 e. The van der Waals surface area contributed by atoms with Gasteiger partial charge in [0.15, 0.2) is 16.6 Å². The lowest BCUT2D eigenvalue weighted by Gasteiger charge is -2.03. The molecule has 0 atom stereocenters. The first-order valence-electron chi connectivity index (χ1n) is 5.85. The molecule has 0 spiro atoms. The molecule has 94 valence electrons. The summed E-state index contributed by atoms with van der Waals surface area (Å²) in [6, 6.07) is 10.1. The van der Waals surface area contributed by atoms with E-state index in [0.717, 1.165) is 10.8 Å². The van der Waals surface area contributed by atoms with Gasteiger partial charge in [-0.15, -0.1) is 0 Å². The minimum atomic E-state index is -0.0340. The first-order chi connectivity index (χ1) is 8.54. The van der Waals surface area contributed by atoms with Crippen LogP contribution >= 0.6 is 11.8 Å². The summed E-state index contributed by atoms with van der Waals surface area (Å²) in [5.41, 5.74) is 3.82. The predicted molar refractivity (Wildman–Crippen MR) is 74.2 cm³/mol. The van der Waals surface area contributed by atoms with Gasteiger partial charge >= 0.3 is 0 Å². The average molecular weight is 260 g/mol. The number of benzene rings is 1. The molecule has 0 fully saturated rings. The topological polar surface area (TPSA) is 30.2 Å². The van der Waals surface area contributed by atoms with Crippen LogP contribution in [0.1, 0.15) is 34.2 Å². The van der Waals surface area contributed by atoms with Crippen molar-refractivity contribution in [2.45, 2.75) is 31.6 Å². The normalized spacial score (nSPS) is 10.6. The second-order valence-electron chi connectivity index (χ2n) is 4.46. The van der Waals surface area contributed by atoms with Crippen LogP contribution < -0.4 is 0 Å². The molecule has 0 amide bonds. The van der Waals surface area contributed by atoms with Crippen molar-refractivity contribution in [1.82, 2.24) is 0 Å². The van der Waals surface area contributed by atoms with Crippen LogP contribution in [0.2, 0.25) is 0 Å². The van der Waals surface area contributed by atoms with Crippen molar-refractivity contribution < 1.29 is 9.21 Å². The predicted octanol–water partition coefficient (Wildman–Crippen LogP) is 4.39. The summed E-state index contributed by atoms with van der Waals surface area (Å²) in [6.45, 7) is 5.71. The first-order valence-corrected chi connectivity index (χ1v) is 6.84. The molecule has 2 aromatic rings. The van der Waals surface area contributed by atoms with Crippen molar-refractivity contribution in [2.24, 2.45) is 0 Å². The van der Waals surface area contributed by atoms with Crippen LogP contribution in [0.3, 0.4) is 0 Å². The minimum absolute atomic E-state index is 0.0340. The van der Waals surface area contributed by atoms with Crippen LogP contribution in [0.15, 0.2) is 39.8 Å². The van der Waals surface area contributed by atoms with Crippen LogP contribution in [0.5, 0.6) is 0 Å². The molecule has 0 saturated carbocycles. The Morgan fingerprint density at radius 2 is 1.83 bits per heavy atom. The summed E-state index contributed by atoms with van der Waals surface area (Å²) in [6.07, 6.45) is 0. The fraction of sp³-hybridized carbons (Fsp3) is 0.267. The second kappa shape index (κ2) is 5.44. The quantitative estimate of drug-likeness (QED) is 0.603. The molecule has 0 aliphatic carbocycles. The molecule has 3 heteroatoms. The first kappa shape index (κ1) is 13.0. The van der Waals surface area contributed by atoms with Crippen molar-refractivity contribution in [3.8, 4) is 0 Å². The van der Waals surface area contributed by atoms with Crippen molar-refractivity contribution in [3.63, 3.8) is 0 Å². The maximum atomic E-state index is 11.1. The highest BCUT2D eigenvalue weighted by molar-refractivity contribution is 7.98. The van der Waals surface area contributed by atoms with E-state index in [-0.39, 0.29) is 5.78 Å². The Bertz CT molecular complexity index is 549. The molecule has 0 radical (unpaired) electrons. The number of ketones is 1. The fourth-order valence-electron chi connectivity index (χ4n) is 1.89. The van der Waals surface area contributed by atoms with Gasteiger partial charge in [-0.3, -0.25) is 4.79 Å². The summed E-state index contributed by atoms with van der Waals surface area (Å²) in [7, 11) is 0. The number of carbonyl (C=O) groups excluding carboxylic acids is 1. The van der Waals surface area contributed by atoms with Crippen LogP contribution in [0.25, 0.3) is 0 Å². The maximum absolute atomic E-state index is 11.1. The van der Waals surface area contributed by atoms with E-state index in [4.69, 9.17) is 4.42 Å². The van der Waals surface area contributed by atoms with E-state index < -0.39 is 0 Å². The molecule has 2 rings (SSSR count). The Morgan fingerprint density at radius 3 is 2.39 bits per heavy atom. The summed E-state index contributed by atoms with van der Waals surface area (Å²) >= 11 is 1.61. The van der Waals surface area contributed by atoms with Gasteiger partial charge in [0.25, 0.3) is 0 Å². The van der Waals surface area contributed by atoms with Gasteiger partial charge in [-0.1, -0.05) is 41.1 Å². The Hall–Kier alpha value is -1.48. The molecule has 0 bridgehead atoms. The lowest BCUT2D eigenvalue weighted by Crippen LogP contribution is -1.86. The third-order valence-corrected chi connectivity index (χ3v) is 3.57. The highest BCUT2D eigenvalue weighted by Gasteiger charge is 2.07. The summed E-state index contributed by atoms with van der Waals surface area (Å²) < 4.78 is 5.44. The van der Waals surface area contributed by atoms with Gasteiger partial charge < -0.3 is 4.42 Å². The zero-order chi connectivity index (χ0) is 13.1. The van der Waals surface area contributed by atoms with Gasteiger partial charge in [-0.05, 0) is 31.5 Å². The van der Waals surface area contributed by atoms with E-state index in [1.807, 2.05) is 6.07 Å². The monoisotopic (exact) mass is 260 g/mol. The molecular weight excluding hydrogens is 244 g/mol. The van der Waals surface area contributed by atoms with E-state index >= 15 is 0 Å². The molecule has 1 aromatic carbocycles. The molecule has 2 nitrogen and oxygen atoms in total. The van der Waals surface area contributed by atoms with E-state index in [9.17, 15) is 4.79 Å². The van der Waals surface area contributed by atoms with Gasteiger partial charge in [0.2, 0.25) is 0 Å². The third-order valence-electron chi connectivity index (χ3n) is 2.59. The van der Waals surface area contributed by atoms with Crippen LogP contribution in [-0.4, -0.2) is 5.78 Å². The molecule has 0 saturated heterocycles. The molecule has 18 heavy (non-hydrogen) atoms. The average Bonchev–Trinajstić information content (AvgIpc) is 2.73. The highest BCUT2D eigenvalue weighted by Crippen LogP contribution is 2.25. The van der Waals surface area contributed by atoms with E-state index in [0.29, 0.717) is 5.76 Å². The number of rotatable bonds is 4. The standard InChI is InChI=1S/C15H16O2S/c1-10-6-11(2)8-13(7-10)9-18-15-5-4-14(17-15)12(3)16/h4-8H,9H2,1-3H3. The van der Waals surface area contributed by atoms with Crippen molar-refractivity contribution in [3.05, 3.63) is 52.8 Å². The van der Waals surface area contributed by atoms with Gasteiger partial charge in [-0.2, -0.15) is 0 Å². The lowest BCUT2D eigenvalue weighted by atomic mass is 10.1. The summed E-state index contributed by atoms with van der Waals surface area (Å²) in [5, 5.41) is 0.791. The van der Waals surface area contributed by atoms with E-state index in [1.54, 1.807) is 17.8 Å². The van der Waals surface area contributed by atoms with Crippen molar-refractivity contribution in [1.29, 1.82) is 0 Å². The SMILES string of the molecule is CC(=O)c1ccc(SCc2cc(C)cc(C)c2)o1. The van der Waals surface area contributed by atoms with Crippen molar-refractivity contribution >= 4 is 17.5 Å². The van der Waals surface area contributed by atoms with E-state index in [1.165, 1.54) is 23.6 Å². The zero-order valence-electron chi connectivity index (χ0n) is 10.8. The molecule has 0 aliphatic rings. The van der Waals surface area contributed by atoms with Crippen molar-refractivity contribution in [2.75, 3.05) is 0 Å². The number of hydrogen-bond donors (Lipinski definition) is 0. The maximum Gasteiger partial charge on any atom is 0.194 e. The van der Waals surface area contributed by atoms with Crippen LogP contribution in [0, 0.1) is 13.8 Å². The molecule has 0 N–H and O–H groups in total. The van der Waals surface area contributed by atoms with Gasteiger partial charge in [0.05, 0.1) is 0 Å². The van der Waals surface area contributed by atoms with Gasteiger partial charge in [0, 0.05) is 12.7 Å². The third kappa shape index (κ3) is 3.26. The summed E-state index contributed by atoms with van der Waals surface area (Å²) in [5.74, 6) is 1.25. The van der Waals surface area contributed by atoms with Gasteiger partial charge in [-0.25, -0.2) is 0 Å². The Kier molecular flexibility index (Phi) is 3.92. The Labute approximate surface area is 111 Å². The number of hydrogen-bond acceptors (Lipinski definition) is 3. The summed E-state index contributed by atoms with van der Waals surface area (Å²) in [4.78, 5) is 11.1. The number of aryl methyl sites for hydroxylation is 2. The zero-order valence-corrected chi connectivity index (χ0v) is 11.6. The number of furan rings is 1. The number of Topliss-reactive ketones (excluding diaryl/α,β-unsaturated/α-hetero) is 1. The highest BCUT2D eigenvalue weighted by atomic mass is 32.2. The van der Waals surface area contributed by atoms with Gasteiger partial charge in [0.1, 0.15) is 0 Å². The fourth-order valence-corrected chi connectivity index (χ4v) is 2.68. The van der Waals surface area contributed by atoms with Crippen LogP contribution in [-0.2, 0) is 5.75 Å². The number of carbonyl (C=O) groups is 1. The lowest BCUT2D eigenvalue weighted by molar-refractivity contribution is 0.0982.